The van der Waals surface area contributed by atoms with E-state index in [1.165, 1.54) is 0 Å². The molecule has 8 heteroatoms. The van der Waals surface area contributed by atoms with Gasteiger partial charge in [0.05, 0.1) is 17.9 Å². The molecule has 3 fully saturated rings. The van der Waals surface area contributed by atoms with Crippen LogP contribution in [0.2, 0.25) is 0 Å². The Morgan fingerprint density at radius 3 is 2.77 bits per heavy atom. The van der Waals surface area contributed by atoms with Crippen molar-refractivity contribution in [2.75, 3.05) is 0 Å². The third-order valence-electron chi connectivity index (χ3n) is 6.80. The molecule has 2 saturated heterocycles. The topological polar surface area (TPSA) is 74.4 Å². The average Bonchev–Trinajstić information content (AvgIpc) is 3.48. The van der Waals surface area contributed by atoms with Crippen LogP contribution in [0.5, 0.6) is 5.75 Å². The highest BCUT2D eigenvalue weighted by atomic mass is 16.6. The lowest BCUT2D eigenvalue weighted by molar-refractivity contribution is -0.162. The lowest BCUT2D eigenvalue weighted by atomic mass is 9.76. The second kappa shape index (κ2) is 6.68. The highest BCUT2D eigenvalue weighted by molar-refractivity contribution is 5.89. The van der Waals surface area contributed by atoms with Crippen LogP contribution in [0.4, 0.5) is 0 Å². The zero-order valence-corrected chi connectivity index (χ0v) is 17.6. The Labute approximate surface area is 180 Å². The smallest absolute Gasteiger partial charge is 0.257 e. The van der Waals surface area contributed by atoms with Gasteiger partial charge in [-0.15, -0.1) is 0 Å². The highest BCUT2D eigenvalue weighted by Crippen LogP contribution is 2.51. The number of aromatic nitrogens is 4. The van der Waals surface area contributed by atoms with Crippen LogP contribution in [0.25, 0.3) is 11.3 Å². The van der Waals surface area contributed by atoms with Crippen molar-refractivity contribution < 1.29 is 14.3 Å². The number of benzene rings is 1. The number of carbonyl (C=O) groups excluding carboxylic acids is 1. The molecular weight excluding hydrogens is 394 g/mol. The number of aryl methyl sites for hydroxylation is 2. The lowest BCUT2D eigenvalue weighted by Crippen LogP contribution is -2.55. The number of carbonyl (C=O) groups is 1. The molecule has 1 aromatic carbocycles. The Morgan fingerprint density at radius 2 is 2.03 bits per heavy atom. The van der Waals surface area contributed by atoms with Gasteiger partial charge in [-0.1, -0.05) is 12.1 Å². The normalized spacial score (nSPS) is 29.4. The van der Waals surface area contributed by atoms with Crippen LogP contribution >= 0.6 is 0 Å². The van der Waals surface area contributed by atoms with Gasteiger partial charge in [0.25, 0.3) is 5.91 Å². The number of hydrogen-bond acceptors (Lipinski definition) is 5. The Bertz CT molecular complexity index is 1150. The molecule has 3 aromatic rings. The summed E-state index contributed by atoms with van der Waals surface area (Å²) in [6.45, 7) is 0. The van der Waals surface area contributed by atoms with Gasteiger partial charge in [0, 0.05) is 50.5 Å². The molecule has 1 aliphatic carbocycles. The van der Waals surface area contributed by atoms with E-state index in [1.54, 1.807) is 10.9 Å². The summed E-state index contributed by atoms with van der Waals surface area (Å²) in [5.74, 6) is 0.907. The van der Waals surface area contributed by atoms with E-state index in [9.17, 15) is 4.79 Å². The average molecular weight is 419 g/mol. The summed E-state index contributed by atoms with van der Waals surface area (Å²) in [5, 5.41) is 8.51. The van der Waals surface area contributed by atoms with Crippen molar-refractivity contribution in [3.8, 4) is 17.0 Å². The number of rotatable bonds is 4. The van der Waals surface area contributed by atoms with E-state index in [4.69, 9.17) is 9.47 Å². The molecular formula is C23H25N5O3. The summed E-state index contributed by atoms with van der Waals surface area (Å²) in [5.41, 5.74) is 2.44. The predicted octanol–water partition coefficient (Wildman–Crippen LogP) is 2.82. The first-order valence-corrected chi connectivity index (χ1v) is 10.8. The van der Waals surface area contributed by atoms with Gasteiger partial charge in [0.15, 0.2) is 5.60 Å². The molecule has 2 aliphatic heterocycles. The van der Waals surface area contributed by atoms with E-state index < -0.39 is 5.60 Å². The van der Waals surface area contributed by atoms with Gasteiger partial charge in [-0.25, -0.2) is 0 Å². The molecule has 2 atom stereocenters. The Balaban J connectivity index is 1.14. The van der Waals surface area contributed by atoms with Gasteiger partial charge in [-0.05, 0) is 31.0 Å². The summed E-state index contributed by atoms with van der Waals surface area (Å²) in [7, 11) is 3.82. The number of fused-ring (bicyclic) bond motifs is 1. The van der Waals surface area contributed by atoms with Gasteiger partial charge in [-0.2, -0.15) is 10.2 Å². The van der Waals surface area contributed by atoms with E-state index in [0.717, 1.165) is 35.4 Å². The fourth-order valence-corrected chi connectivity index (χ4v) is 5.26. The molecule has 160 valence electrons. The molecule has 0 radical (unpaired) electrons. The molecule has 6 rings (SSSR count). The maximum absolute atomic E-state index is 13.3. The van der Waals surface area contributed by atoms with Crippen LogP contribution in [0.1, 0.15) is 37.3 Å². The van der Waals surface area contributed by atoms with Gasteiger partial charge < -0.3 is 14.4 Å². The molecule has 1 amide bonds. The maximum Gasteiger partial charge on any atom is 0.257 e. The van der Waals surface area contributed by atoms with E-state index in [2.05, 4.69) is 10.2 Å². The molecule has 3 aliphatic rings. The number of amides is 1. The summed E-state index contributed by atoms with van der Waals surface area (Å²) in [4.78, 5) is 15.3. The number of ether oxygens (including phenoxy) is 2. The molecule has 0 unspecified atom stereocenters. The lowest BCUT2D eigenvalue weighted by Gasteiger charge is -2.42. The third kappa shape index (κ3) is 2.89. The van der Waals surface area contributed by atoms with Crippen molar-refractivity contribution in [1.29, 1.82) is 0 Å². The highest BCUT2D eigenvalue weighted by Gasteiger charge is 2.63. The van der Waals surface area contributed by atoms with Gasteiger partial charge in [0.2, 0.25) is 0 Å². The Morgan fingerprint density at radius 1 is 1.16 bits per heavy atom. The van der Waals surface area contributed by atoms with Crippen molar-refractivity contribution in [1.82, 2.24) is 24.5 Å². The summed E-state index contributed by atoms with van der Waals surface area (Å²) < 4.78 is 16.1. The largest absolute Gasteiger partial charge is 0.490 e. The predicted molar refractivity (Wildman–Crippen MR) is 112 cm³/mol. The fraction of sp³-hybridized carbons (Fsp3) is 0.435. The summed E-state index contributed by atoms with van der Waals surface area (Å²) in [6, 6.07) is 10.0. The van der Waals surface area contributed by atoms with Crippen molar-refractivity contribution in [2.45, 2.75) is 49.7 Å². The molecule has 0 bridgehead atoms. The molecule has 4 heterocycles. The Hall–Kier alpha value is -3.13. The number of nitrogens with zero attached hydrogens (tertiary/aromatic N) is 5. The van der Waals surface area contributed by atoms with Crippen LogP contribution in [0, 0.1) is 0 Å². The van der Waals surface area contributed by atoms with Gasteiger partial charge in [-0.3, -0.25) is 14.2 Å². The quantitative estimate of drug-likeness (QED) is 0.650. The van der Waals surface area contributed by atoms with Gasteiger partial charge >= 0.3 is 0 Å². The molecule has 0 N–H and O–H groups in total. The maximum atomic E-state index is 13.3. The van der Waals surface area contributed by atoms with Crippen LogP contribution < -0.4 is 4.74 Å². The molecule has 1 saturated carbocycles. The first-order chi connectivity index (χ1) is 15.0. The molecule has 8 nitrogen and oxygen atoms in total. The van der Waals surface area contributed by atoms with Crippen molar-refractivity contribution >= 4 is 5.91 Å². The standard InChI is InChI=1S/C23H25N5O3/c1-26-14-16(13-25-26)20-6-7-21-28(20)22(29)23(31-21)11-18(12-23)30-17-5-3-4-15(10-17)19-8-9-24-27(19)2/h3-5,8-10,13-14,18,20-21H,6-7,11-12H2,1-2H3/t18?,20-,21+,23?/m0/s1. The Kier molecular flexibility index (Phi) is 4.02. The number of hydrogen-bond donors (Lipinski definition) is 0. The van der Waals surface area contributed by atoms with Crippen LogP contribution in [0.15, 0.2) is 48.9 Å². The van der Waals surface area contributed by atoms with Crippen LogP contribution in [-0.2, 0) is 23.6 Å². The van der Waals surface area contributed by atoms with E-state index in [1.807, 2.05) is 66.4 Å². The van der Waals surface area contributed by atoms with Crippen molar-refractivity contribution in [3.63, 3.8) is 0 Å². The van der Waals surface area contributed by atoms with Crippen LogP contribution in [0.3, 0.4) is 0 Å². The minimum absolute atomic E-state index is 0.0254. The minimum Gasteiger partial charge on any atom is -0.490 e. The second-order valence-corrected chi connectivity index (χ2v) is 8.84. The zero-order chi connectivity index (χ0) is 21.2. The van der Waals surface area contributed by atoms with E-state index >= 15 is 0 Å². The summed E-state index contributed by atoms with van der Waals surface area (Å²) in [6.07, 6.45) is 8.44. The molecule has 1 spiro atoms. The zero-order valence-electron chi connectivity index (χ0n) is 17.6. The first-order valence-electron chi connectivity index (χ1n) is 10.8. The van der Waals surface area contributed by atoms with E-state index in [0.29, 0.717) is 12.8 Å². The fourth-order valence-electron chi connectivity index (χ4n) is 5.26. The van der Waals surface area contributed by atoms with Crippen molar-refractivity contribution in [3.05, 3.63) is 54.5 Å². The molecule has 2 aromatic heterocycles. The van der Waals surface area contributed by atoms with Crippen LogP contribution in [-0.4, -0.2) is 48.3 Å². The minimum atomic E-state index is -0.726. The third-order valence-corrected chi connectivity index (χ3v) is 6.80. The second-order valence-electron chi connectivity index (χ2n) is 8.84. The van der Waals surface area contributed by atoms with Crippen molar-refractivity contribution in [2.24, 2.45) is 14.1 Å². The van der Waals surface area contributed by atoms with E-state index in [-0.39, 0.29) is 24.3 Å². The first kappa shape index (κ1) is 18.6. The SMILES string of the molecule is Cn1cc([C@@H]2CC[C@H]3OC4(CC(Oc5cccc(-c6ccnn6C)c5)C4)C(=O)N32)cn1. The molecule has 31 heavy (non-hydrogen) atoms. The van der Waals surface area contributed by atoms with Gasteiger partial charge in [0.1, 0.15) is 18.1 Å². The summed E-state index contributed by atoms with van der Waals surface area (Å²) >= 11 is 0. The monoisotopic (exact) mass is 419 g/mol.